The normalized spacial score (nSPS) is 17.3. The molecule has 0 unspecified atom stereocenters. The van der Waals surface area contributed by atoms with Crippen LogP contribution in [0.3, 0.4) is 0 Å². The molecular weight excluding hydrogens is 240 g/mol. The Hall–Kier alpha value is -1.97. The maximum Gasteiger partial charge on any atom is 0.166 e. The van der Waals surface area contributed by atoms with Crippen molar-refractivity contribution in [2.24, 2.45) is 5.41 Å². The summed E-state index contributed by atoms with van der Waals surface area (Å²) in [5, 5.41) is 0. The number of fused-ring (bicyclic) bond motifs is 1. The van der Waals surface area contributed by atoms with Gasteiger partial charge in [-0.1, -0.05) is 13.8 Å². The first-order valence-corrected chi connectivity index (χ1v) is 6.40. The first kappa shape index (κ1) is 12.1. The van der Waals surface area contributed by atoms with Crippen LogP contribution in [0.5, 0.6) is 0 Å². The Bertz CT molecular complexity index is 656. The zero-order valence-electron chi connectivity index (χ0n) is 11.4. The number of Topliss-reactive ketones (excluding diaryl/α,β-unsaturated/α-hetero) is 1. The van der Waals surface area contributed by atoms with E-state index < -0.39 is 0 Å². The van der Waals surface area contributed by atoms with Gasteiger partial charge in [-0.2, -0.15) is 0 Å². The van der Waals surface area contributed by atoms with Crippen molar-refractivity contribution in [2.75, 3.05) is 0 Å². The third-order valence-corrected chi connectivity index (χ3v) is 3.55. The second-order valence-corrected chi connectivity index (χ2v) is 5.89. The highest BCUT2D eigenvalue weighted by molar-refractivity contribution is 5.98. The van der Waals surface area contributed by atoms with Crippen molar-refractivity contribution >= 4 is 5.78 Å². The lowest BCUT2D eigenvalue weighted by Gasteiger charge is -2.29. The maximum atomic E-state index is 12.1. The smallest absolute Gasteiger partial charge is 0.166 e. The Kier molecular flexibility index (Phi) is 2.55. The van der Waals surface area contributed by atoms with E-state index in [1.807, 2.05) is 13.0 Å². The topological polar surface area (TPSA) is 56.0 Å². The van der Waals surface area contributed by atoms with E-state index in [0.717, 1.165) is 23.4 Å². The van der Waals surface area contributed by atoms with E-state index in [2.05, 4.69) is 23.8 Å². The summed E-state index contributed by atoms with van der Waals surface area (Å²) in [6.45, 7) is 6.07. The molecule has 1 aliphatic rings. The number of rotatable bonds is 1. The molecule has 0 spiro atoms. The minimum atomic E-state index is -0.0266. The van der Waals surface area contributed by atoms with Gasteiger partial charge in [0, 0.05) is 12.6 Å². The summed E-state index contributed by atoms with van der Waals surface area (Å²) in [6, 6.07) is 1.85. The number of carbonyl (C=O) groups is 1. The van der Waals surface area contributed by atoms with Gasteiger partial charge < -0.3 is 4.42 Å². The first-order valence-electron chi connectivity index (χ1n) is 6.40. The average Bonchev–Trinajstić information content (AvgIpc) is 2.73. The number of ketones is 1. The van der Waals surface area contributed by atoms with Crippen molar-refractivity contribution in [1.29, 1.82) is 0 Å². The Balaban J connectivity index is 2.10. The summed E-state index contributed by atoms with van der Waals surface area (Å²) in [6.07, 6.45) is 4.65. The van der Waals surface area contributed by atoms with E-state index >= 15 is 0 Å². The number of nitrogens with zero attached hydrogens (tertiary/aromatic N) is 2. The van der Waals surface area contributed by atoms with Gasteiger partial charge in [0.05, 0.1) is 23.1 Å². The Morgan fingerprint density at radius 2 is 2.05 bits per heavy atom. The molecule has 0 saturated carbocycles. The number of aryl methyl sites for hydroxylation is 1. The Labute approximate surface area is 111 Å². The molecule has 19 heavy (non-hydrogen) atoms. The standard InChI is InChI=1S/C15H16N2O2/c1-9-10(4-5-19-9)14-16-8-11-12(17-14)6-15(2,3)7-13(11)18/h4-5,8H,6-7H2,1-3H3. The molecule has 98 valence electrons. The van der Waals surface area contributed by atoms with Crippen molar-refractivity contribution < 1.29 is 9.21 Å². The fourth-order valence-corrected chi connectivity index (χ4v) is 2.58. The van der Waals surface area contributed by atoms with Crippen LogP contribution in [-0.2, 0) is 6.42 Å². The van der Waals surface area contributed by atoms with E-state index in [9.17, 15) is 4.79 Å². The molecule has 1 aliphatic carbocycles. The molecule has 0 N–H and O–H groups in total. The van der Waals surface area contributed by atoms with Gasteiger partial charge in [0.25, 0.3) is 0 Å². The molecule has 0 saturated heterocycles. The van der Waals surface area contributed by atoms with Crippen LogP contribution in [0.25, 0.3) is 11.4 Å². The molecule has 0 amide bonds. The minimum absolute atomic E-state index is 0.0266. The highest BCUT2D eigenvalue weighted by Gasteiger charge is 2.32. The zero-order chi connectivity index (χ0) is 13.6. The van der Waals surface area contributed by atoms with Gasteiger partial charge >= 0.3 is 0 Å². The molecule has 0 radical (unpaired) electrons. The quantitative estimate of drug-likeness (QED) is 0.786. The second-order valence-electron chi connectivity index (χ2n) is 5.89. The van der Waals surface area contributed by atoms with Crippen LogP contribution in [0.1, 0.15) is 42.1 Å². The molecule has 0 atom stereocenters. The molecule has 4 nitrogen and oxygen atoms in total. The van der Waals surface area contributed by atoms with Gasteiger partial charge in [-0.3, -0.25) is 4.79 Å². The molecule has 2 aromatic heterocycles. The Morgan fingerprint density at radius 3 is 2.74 bits per heavy atom. The Morgan fingerprint density at radius 1 is 1.26 bits per heavy atom. The largest absolute Gasteiger partial charge is 0.469 e. The highest BCUT2D eigenvalue weighted by Crippen LogP contribution is 2.34. The molecule has 2 aromatic rings. The van der Waals surface area contributed by atoms with Crippen LogP contribution in [-0.4, -0.2) is 15.8 Å². The van der Waals surface area contributed by atoms with Crippen LogP contribution in [0.15, 0.2) is 22.9 Å². The zero-order valence-corrected chi connectivity index (χ0v) is 11.4. The van der Waals surface area contributed by atoms with Crippen molar-refractivity contribution in [2.45, 2.75) is 33.6 Å². The van der Waals surface area contributed by atoms with Crippen LogP contribution >= 0.6 is 0 Å². The lowest BCUT2D eigenvalue weighted by molar-refractivity contribution is 0.0910. The summed E-state index contributed by atoms with van der Waals surface area (Å²) in [5.41, 5.74) is 2.39. The van der Waals surface area contributed by atoms with Crippen molar-refractivity contribution in [1.82, 2.24) is 9.97 Å². The van der Waals surface area contributed by atoms with Gasteiger partial charge in [0.1, 0.15) is 5.76 Å². The maximum absolute atomic E-state index is 12.1. The molecule has 4 heteroatoms. The number of furan rings is 1. The molecule has 0 bridgehead atoms. The van der Waals surface area contributed by atoms with Gasteiger partial charge in [0.2, 0.25) is 0 Å². The minimum Gasteiger partial charge on any atom is -0.469 e. The average molecular weight is 256 g/mol. The van der Waals surface area contributed by atoms with E-state index in [1.165, 1.54) is 0 Å². The van der Waals surface area contributed by atoms with Crippen LogP contribution in [0, 0.1) is 12.3 Å². The number of carbonyl (C=O) groups excluding carboxylic acids is 1. The van der Waals surface area contributed by atoms with Gasteiger partial charge in [-0.15, -0.1) is 0 Å². The molecule has 0 aliphatic heterocycles. The van der Waals surface area contributed by atoms with Crippen LogP contribution < -0.4 is 0 Å². The first-order chi connectivity index (χ1) is 8.96. The van der Waals surface area contributed by atoms with Gasteiger partial charge in [-0.25, -0.2) is 9.97 Å². The summed E-state index contributed by atoms with van der Waals surface area (Å²) in [5.74, 6) is 1.57. The SMILES string of the molecule is Cc1occc1-c1ncc2c(n1)CC(C)(C)CC2=O. The molecule has 0 fully saturated rings. The van der Waals surface area contributed by atoms with E-state index in [0.29, 0.717) is 17.8 Å². The summed E-state index contributed by atoms with van der Waals surface area (Å²) in [4.78, 5) is 20.9. The third kappa shape index (κ3) is 2.07. The van der Waals surface area contributed by atoms with Crippen molar-refractivity contribution in [3.05, 3.63) is 35.5 Å². The molecular formula is C15H16N2O2. The number of hydrogen-bond acceptors (Lipinski definition) is 4. The molecule has 3 rings (SSSR count). The lowest BCUT2D eigenvalue weighted by atomic mass is 9.76. The predicted octanol–water partition coefficient (Wildman–Crippen LogP) is 3.20. The second kappa shape index (κ2) is 4.02. The van der Waals surface area contributed by atoms with E-state index in [-0.39, 0.29) is 11.2 Å². The fraction of sp³-hybridized carbons (Fsp3) is 0.400. The highest BCUT2D eigenvalue weighted by atomic mass is 16.3. The van der Waals surface area contributed by atoms with Crippen molar-refractivity contribution in [3.63, 3.8) is 0 Å². The van der Waals surface area contributed by atoms with Crippen molar-refractivity contribution in [3.8, 4) is 11.4 Å². The fourth-order valence-electron chi connectivity index (χ4n) is 2.58. The third-order valence-electron chi connectivity index (χ3n) is 3.55. The number of hydrogen-bond donors (Lipinski definition) is 0. The summed E-state index contributed by atoms with van der Waals surface area (Å²) in [7, 11) is 0. The number of aromatic nitrogens is 2. The van der Waals surface area contributed by atoms with Crippen LogP contribution in [0.2, 0.25) is 0 Å². The predicted molar refractivity (Wildman–Crippen MR) is 70.9 cm³/mol. The monoisotopic (exact) mass is 256 g/mol. The lowest BCUT2D eigenvalue weighted by Crippen LogP contribution is -2.28. The molecule has 2 heterocycles. The van der Waals surface area contributed by atoms with E-state index in [4.69, 9.17) is 4.42 Å². The summed E-state index contributed by atoms with van der Waals surface area (Å²) < 4.78 is 5.28. The van der Waals surface area contributed by atoms with Gasteiger partial charge in [0.15, 0.2) is 11.6 Å². The molecule has 0 aromatic carbocycles. The summed E-state index contributed by atoms with van der Waals surface area (Å²) >= 11 is 0. The van der Waals surface area contributed by atoms with Gasteiger partial charge in [-0.05, 0) is 24.8 Å². The van der Waals surface area contributed by atoms with E-state index in [1.54, 1.807) is 12.5 Å². The van der Waals surface area contributed by atoms with Crippen LogP contribution in [0.4, 0.5) is 0 Å².